The van der Waals surface area contributed by atoms with Gasteiger partial charge in [0, 0.05) is 14.1 Å². The molecule has 0 aromatic heterocycles. The summed E-state index contributed by atoms with van der Waals surface area (Å²) in [4.78, 5) is 11.2. The first-order valence-electron chi connectivity index (χ1n) is 6.32. The van der Waals surface area contributed by atoms with Gasteiger partial charge in [-0.25, -0.2) is 0 Å². The van der Waals surface area contributed by atoms with Gasteiger partial charge in [0.2, 0.25) is 0 Å². The summed E-state index contributed by atoms with van der Waals surface area (Å²) in [5.41, 5.74) is 0. The molecule has 1 saturated heterocycles. The first kappa shape index (κ1) is 13.7. The largest absolute Gasteiger partial charge is 0.480 e. The van der Waals surface area contributed by atoms with Gasteiger partial charge in [0.25, 0.3) is 0 Å². The van der Waals surface area contributed by atoms with Crippen LogP contribution in [0.15, 0.2) is 0 Å². The van der Waals surface area contributed by atoms with Crippen LogP contribution in [-0.4, -0.2) is 31.2 Å². The Morgan fingerprint density at radius 2 is 2.06 bits per heavy atom. The second-order valence-corrected chi connectivity index (χ2v) is 11.8. The highest BCUT2D eigenvalue weighted by Crippen LogP contribution is 2.30. The van der Waals surface area contributed by atoms with E-state index in [1.54, 1.807) is 0 Å². The maximum Gasteiger partial charge on any atom is 0.320 e. The average molecular weight is 243 g/mol. The third kappa shape index (κ3) is 3.90. The topological polar surface area (TPSA) is 49.3 Å². The van der Waals surface area contributed by atoms with Crippen LogP contribution in [0.1, 0.15) is 26.2 Å². The van der Waals surface area contributed by atoms with Crippen molar-refractivity contribution in [2.75, 3.05) is 0 Å². The van der Waals surface area contributed by atoms with Crippen molar-refractivity contribution in [1.29, 1.82) is 0 Å². The Morgan fingerprint density at radius 1 is 1.44 bits per heavy atom. The standard InChI is InChI=1S/C12H25NO2Si/c1-5-6-10-7-9(8-16(2,3)4)11(13-10)12(14)15/h9-11,13H,5-8H2,1-4H3,(H,14,15)/t9-,10-,11+/m1/s1. The minimum absolute atomic E-state index is 0.303. The zero-order valence-corrected chi connectivity index (χ0v) is 11.9. The SMILES string of the molecule is CCC[C@@H]1C[C@H](C[Si](C)(C)C)[C@@H](C(=O)O)N1. The molecule has 0 radical (unpaired) electrons. The molecule has 1 rings (SSSR count). The second kappa shape index (κ2) is 5.32. The Hall–Kier alpha value is -0.353. The molecule has 0 amide bonds. The Labute approximate surface area is 99.6 Å². The van der Waals surface area contributed by atoms with Crippen LogP contribution in [0.4, 0.5) is 0 Å². The van der Waals surface area contributed by atoms with Gasteiger partial charge in [0.1, 0.15) is 6.04 Å². The van der Waals surface area contributed by atoms with Crippen LogP contribution in [0, 0.1) is 5.92 Å². The van der Waals surface area contributed by atoms with Crippen LogP contribution < -0.4 is 5.32 Å². The van der Waals surface area contributed by atoms with E-state index in [-0.39, 0.29) is 6.04 Å². The monoisotopic (exact) mass is 243 g/mol. The second-order valence-electron chi connectivity index (χ2n) is 6.23. The van der Waals surface area contributed by atoms with Crippen molar-refractivity contribution in [3.8, 4) is 0 Å². The number of hydrogen-bond acceptors (Lipinski definition) is 2. The molecule has 3 nitrogen and oxygen atoms in total. The molecule has 2 N–H and O–H groups in total. The van der Waals surface area contributed by atoms with E-state index in [1.807, 2.05) is 0 Å². The van der Waals surface area contributed by atoms with Crippen LogP contribution in [0.2, 0.25) is 25.7 Å². The van der Waals surface area contributed by atoms with Crippen LogP contribution in [-0.2, 0) is 4.79 Å². The average Bonchev–Trinajstić information content (AvgIpc) is 2.45. The summed E-state index contributed by atoms with van der Waals surface area (Å²) in [6, 6.07) is 1.24. The summed E-state index contributed by atoms with van der Waals surface area (Å²) in [5, 5.41) is 12.5. The van der Waals surface area contributed by atoms with Crippen molar-refractivity contribution >= 4 is 14.0 Å². The molecule has 0 saturated carbocycles. The highest BCUT2D eigenvalue weighted by atomic mass is 28.3. The van der Waals surface area contributed by atoms with E-state index in [4.69, 9.17) is 0 Å². The van der Waals surface area contributed by atoms with E-state index in [1.165, 1.54) is 0 Å². The number of carbonyl (C=O) groups is 1. The molecule has 0 aromatic carbocycles. The lowest BCUT2D eigenvalue weighted by molar-refractivity contribution is -0.140. The Bertz CT molecular complexity index is 250. The van der Waals surface area contributed by atoms with Crippen molar-refractivity contribution < 1.29 is 9.90 Å². The molecular weight excluding hydrogens is 218 g/mol. The summed E-state index contributed by atoms with van der Waals surface area (Å²) in [7, 11) is -1.17. The molecule has 0 aromatic rings. The highest BCUT2D eigenvalue weighted by molar-refractivity contribution is 6.76. The lowest BCUT2D eigenvalue weighted by Gasteiger charge is -2.23. The van der Waals surface area contributed by atoms with Crippen molar-refractivity contribution in [2.24, 2.45) is 5.92 Å². The fourth-order valence-corrected chi connectivity index (χ4v) is 4.75. The highest BCUT2D eigenvalue weighted by Gasteiger charge is 2.39. The quantitative estimate of drug-likeness (QED) is 0.730. The number of aliphatic carboxylic acids is 1. The number of nitrogens with one attached hydrogen (secondary N) is 1. The molecular formula is C12H25NO2Si. The fraction of sp³-hybridized carbons (Fsp3) is 0.917. The molecule has 0 spiro atoms. The molecule has 1 aliphatic rings. The van der Waals surface area contributed by atoms with Crippen molar-refractivity contribution in [2.45, 2.75) is 64.0 Å². The van der Waals surface area contributed by atoms with E-state index >= 15 is 0 Å². The number of carboxylic acid groups (broad SMARTS) is 1. The van der Waals surface area contributed by atoms with Gasteiger partial charge < -0.3 is 10.4 Å². The van der Waals surface area contributed by atoms with Gasteiger partial charge in [-0.3, -0.25) is 4.79 Å². The van der Waals surface area contributed by atoms with Gasteiger partial charge in [-0.15, -0.1) is 0 Å². The van der Waals surface area contributed by atoms with Crippen molar-refractivity contribution in [3.05, 3.63) is 0 Å². The fourth-order valence-electron chi connectivity index (χ4n) is 2.77. The predicted octanol–water partition coefficient (Wildman–Crippen LogP) is 2.56. The number of hydrogen-bond donors (Lipinski definition) is 2. The summed E-state index contributed by atoms with van der Waals surface area (Å²) in [6.07, 6.45) is 3.28. The minimum atomic E-state index is -1.17. The zero-order valence-electron chi connectivity index (χ0n) is 10.9. The summed E-state index contributed by atoms with van der Waals surface area (Å²) < 4.78 is 0. The van der Waals surface area contributed by atoms with Gasteiger partial charge in [0.15, 0.2) is 0 Å². The molecule has 1 aliphatic heterocycles. The molecule has 0 aliphatic carbocycles. The zero-order chi connectivity index (χ0) is 12.3. The molecule has 16 heavy (non-hydrogen) atoms. The van der Waals surface area contributed by atoms with Crippen molar-refractivity contribution in [1.82, 2.24) is 5.32 Å². The van der Waals surface area contributed by atoms with E-state index in [0.717, 1.165) is 25.3 Å². The lowest BCUT2D eigenvalue weighted by atomic mass is 10.00. The Kier molecular flexibility index (Phi) is 4.56. The normalized spacial score (nSPS) is 30.6. The van der Waals surface area contributed by atoms with Gasteiger partial charge in [-0.1, -0.05) is 39.0 Å². The predicted molar refractivity (Wildman–Crippen MR) is 69.5 cm³/mol. The number of carboxylic acids is 1. The van der Waals surface area contributed by atoms with Crippen LogP contribution in [0.25, 0.3) is 0 Å². The number of rotatable bonds is 5. The van der Waals surface area contributed by atoms with Crippen LogP contribution in [0.5, 0.6) is 0 Å². The van der Waals surface area contributed by atoms with Crippen LogP contribution in [0.3, 0.4) is 0 Å². The molecule has 1 fully saturated rings. The Balaban J connectivity index is 2.62. The third-order valence-electron chi connectivity index (χ3n) is 3.25. The van der Waals surface area contributed by atoms with E-state index in [0.29, 0.717) is 12.0 Å². The maximum absolute atomic E-state index is 11.2. The molecule has 94 valence electrons. The summed E-state index contributed by atoms with van der Waals surface area (Å²) in [5.74, 6) is -0.317. The van der Waals surface area contributed by atoms with E-state index < -0.39 is 14.0 Å². The van der Waals surface area contributed by atoms with Gasteiger partial charge >= 0.3 is 5.97 Å². The molecule has 4 heteroatoms. The molecule has 0 unspecified atom stereocenters. The first-order valence-corrected chi connectivity index (χ1v) is 10.0. The van der Waals surface area contributed by atoms with Gasteiger partial charge in [0.05, 0.1) is 0 Å². The Morgan fingerprint density at radius 3 is 2.50 bits per heavy atom. The summed E-state index contributed by atoms with van der Waals surface area (Å²) >= 11 is 0. The summed E-state index contributed by atoms with van der Waals surface area (Å²) in [6.45, 7) is 9.11. The smallest absolute Gasteiger partial charge is 0.320 e. The third-order valence-corrected chi connectivity index (χ3v) is 5.00. The molecule has 3 atom stereocenters. The van der Waals surface area contributed by atoms with Crippen LogP contribution >= 0.6 is 0 Å². The first-order chi connectivity index (χ1) is 7.33. The lowest BCUT2D eigenvalue weighted by Crippen LogP contribution is -2.40. The molecule has 0 bridgehead atoms. The van der Waals surface area contributed by atoms with Gasteiger partial charge in [-0.05, 0) is 18.8 Å². The van der Waals surface area contributed by atoms with E-state index in [9.17, 15) is 9.90 Å². The van der Waals surface area contributed by atoms with E-state index in [2.05, 4.69) is 31.9 Å². The van der Waals surface area contributed by atoms with Gasteiger partial charge in [-0.2, -0.15) is 0 Å². The molecule has 1 heterocycles. The maximum atomic E-state index is 11.2. The minimum Gasteiger partial charge on any atom is -0.480 e. The van der Waals surface area contributed by atoms with Crippen molar-refractivity contribution in [3.63, 3.8) is 0 Å².